The number of hydrogen-bond acceptors (Lipinski definition) is 49. The molecule has 12 fully saturated rings. The van der Waals surface area contributed by atoms with E-state index in [1.54, 1.807) is 18.2 Å². The Hall–Kier alpha value is -7.60. The minimum Gasteiger partial charge on any atom is -0.397 e. The summed E-state index contributed by atoms with van der Waals surface area (Å²) in [5, 5.41) is 12.9. The number of guanidine groups is 1. The molecule has 57 nitrogen and oxygen atoms in total. The first-order chi connectivity index (χ1) is 66.5. The van der Waals surface area contributed by atoms with Gasteiger partial charge in [-0.3, -0.25) is 74.1 Å². The molecule has 75 heteroatoms. The molecule has 13 aliphatic rings. The Kier molecular flexibility index (Phi) is 24.2. The summed E-state index contributed by atoms with van der Waals surface area (Å²) in [5.74, 6) is -12.8. The molecular formula is C66H71F6N27O30P6S6. The van der Waals surface area contributed by atoms with Crippen LogP contribution in [-0.2, 0) is 168 Å². The highest BCUT2D eigenvalue weighted by Gasteiger charge is 2.72. The number of aromatic nitrogens is 19. The van der Waals surface area contributed by atoms with Crippen LogP contribution in [0, 0.1) is 0 Å². The lowest BCUT2D eigenvalue weighted by Gasteiger charge is -2.33. The predicted octanol–water partition coefficient (Wildman–Crippen LogP) is 0.449. The lowest BCUT2D eigenvalue weighted by atomic mass is 10.0. The van der Waals surface area contributed by atoms with Gasteiger partial charge in [-0.15, -0.1) is 0 Å². The Morgan fingerprint density at radius 1 is 0.376 bits per heavy atom. The number of nitrogens with one attached hydrogen (secondary N) is 3. The third kappa shape index (κ3) is 17.0. The molecule has 0 radical (unpaired) electrons. The van der Waals surface area contributed by atoms with Crippen molar-refractivity contribution in [2.24, 2.45) is 10.7 Å². The number of pyridine rings is 3. The van der Waals surface area contributed by atoms with Gasteiger partial charge in [-0.05, 0) is 89.0 Å². The molecule has 13 aliphatic heterocycles. The molecule has 24 rings (SSSR count). The van der Waals surface area contributed by atoms with Crippen LogP contribution in [0.2, 0.25) is 0 Å². The molecule has 0 spiro atoms. The number of aliphatic imine (C=N–C) groups is 1. The molecule has 0 saturated carbocycles. The summed E-state index contributed by atoms with van der Waals surface area (Å²) < 4.78 is 225. The van der Waals surface area contributed by atoms with Crippen molar-refractivity contribution >= 4 is 208 Å². The second kappa shape index (κ2) is 34.8. The van der Waals surface area contributed by atoms with Gasteiger partial charge < -0.3 is 144 Å². The lowest BCUT2D eigenvalue weighted by Crippen LogP contribution is -2.46. The van der Waals surface area contributed by atoms with E-state index < -0.39 is 242 Å². The fourth-order valence-electron chi connectivity index (χ4n) is 18.2. The first-order valence-electron chi connectivity index (χ1n) is 41.0. The van der Waals surface area contributed by atoms with Gasteiger partial charge in [0.15, 0.2) is 125 Å². The first-order valence-corrected chi connectivity index (χ1v) is 56.5. The van der Waals surface area contributed by atoms with Crippen LogP contribution in [0.15, 0.2) is 89.3 Å². The van der Waals surface area contributed by atoms with Gasteiger partial charge in [0.25, 0.3) is 11.1 Å². The third-order valence-corrected chi connectivity index (χ3v) is 33.9. The smallest absolute Gasteiger partial charge is 0.325 e. The maximum Gasteiger partial charge on any atom is 0.325 e. The largest absolute Gasteiger partial charge is 0.397 e. The number of H-pyrrole nitrogens is 2. The summed E-state index contributed by atoms with van der Waals surface area (Å²) in [7, 11) is 0. The summed E-state index contributed by atoms with van der Waals surface area (Å²) in [6.45, 7) is -32.2. The number of anilines is 6. The maximum atomic E-state index is 16.0. The highest BCUT2D eigenvalue weighted by molar-refractivity contribution is 8.08. The van der Waals surface area contributed by atoms with Crippen LogP contribution in [0.25, 0.3) is 55.8 Å². The Bertz CT molecular complexity index is 7130. The standard InChI is InChI=1S/C22H25F2N9O10P2S2.2C22H23F2N9O10P2S2/c3*23-22(24)9-3-38-44(35,46)42-13-12-18(32-6-28-10-8(25)1-2-27-15(10)32)41-21(13,4-37-12)5-39-45(36,47)43-14(22)19(40-9)33-7-29-11-16(33)30-20(26)31-17(11)34/h1-2,6-7,9,12-14,17-19,34H,3-5H2,(H2,25,27)(H,35,46)(H,36,47)(H3,26,30,31);2*1-2,6-7,9,12-14,18-19H,3-5H2,(H2,25,27)(H,35,46)(H,36,47)(H3,26,30,31,34)/t9-,12-,13+,14+,17?,18-,19-,21-,44?,45?;2*9-,12-,13+,14+,18-,19-,21-,44?,45?/m111/s1. The van der Waals surface area contributed by atoms with E-state index in [-0.39, 0.29) is 71.5 Å². The van der Waals surface area contributed by atoms with Crippen LogP contribution < -0.4 is 50.8 Å². The minimum atomic E-state index is -4.57. The van der Waals surface area contributed by atoms with Crippen molar-refractivity contribution in [1.29, 1.82) is 0 Å². The van der Waals surface area contributed by atoms with Gasteiger partial charge in [0.2, 0.25) is 11.9 Å². The zero-order valence-corrected chi connectivity index (χ0v) is 80.5. The molecule has 758 valence electrons. The maximum absolute atomic E-state index is 16.0. The van der Waals surface area contributed by atoms with Gasteiger partial charge in [0.05, 0.1) is 114 Å². The van der Waals surface area contributed by atoms with E-state index in [0.717, 1.165) is 32.7 Å². The van der Waals surface area contributed by atoms with Crippen LogP contribution in [0.1, 0.15) is 49.3 Å². The van der Waals surface area contributed by atoms with Crippen molar-refractivity contribution in [1.82, 2.24) is 92.2 Å². The molecule has 11 aromatic rings. The fraction of sp³-hybridized carbons (Fsp3) is 0.515. The quantitative estimate of drug-likeness (QED) is 0.0794. The fourth-order valence-corrected chi connectivity index (χ4v) is 26.8. The van der Waals surface area contributed by atoms with Crippen molar-refractivity contribution in [2.45, 2.75) is 151 Å². The van der Waals surface area contributed by atoms with Gasteiger partial charge >= 0.3 is 58.1 Å². The molecule has 24 heterocycles. The molecule has 28 atom stereocenters. The van der Waals surface area contributed by atoms with E-state index in [2.05, 4.69) is 75.1 Å². The van der Waals surface area contributed by atoms with Gasteiger partial charge in [-0.2, -0.15) is 9.97 Å². The third-order valence-electron chi connectivity index (χ3n) is 24.7. The average Bonchev–Trinajstić information content (AvgIpc) is 1.56. The van der Waals surface area contributed by atoms with E-state index >= 15 is 26.3 Å². The number of aliphatic hydroxyl groups excluding tert-OH is 1. The number of hydrogen-bond donors (Lipinski definition) is 16. The summed E-state index contributed by atoms with van der Waals surface area (Å²) in [4.78, 5) is 146. The summed E-state index contributed by atoms with van der Waals surface area (Å²) in [6.07, 6.45) is -18.0. The molecule has 11 aromatic heterocycles. The number of nitrogen functional groups attached to an aromatic ring is 5. The molecule has 141 heavy (non-hydrogen) atoms. The van der Waals surface area contributed by atoms with Crippen molar-refractivity contribution < 1.29 is 158 Å². The number of aromatic amines is 2. The molecule has 0 amide bonds. The molecule has 7 unspecified atom stereocenters. The zero-order valence-electron chi connectivity index (χ0n) is 70.2. The molecule has 0 aromatic carbocycles. The van der Waals surface area contributed by atoms with Gasteiger partial charge in [-0.1, -0.05) is 0 Å². The number of fused-ring (bicyclic) bond motifs is 12. The zero-order chi connectivity index (χ0) is 99.3. The number of alkyl halides is 6. The summed E-state index contributed by atoms with van der Waals surface area (Å²) >= 11 is 31.3. The van der Waals surface area contributed by atoms with E-state index in [1.807, 2.05) is 0 Å². The normalized spacial score (nSPS) is 39.5. The topological polar surface area (TPSA) is 753 Å². The lowest BCUT2D eigenvalue weighted by molar-refractivity contribution is -0.183. The van der Waals surface area contributed by atoms with Crippen molar-refractivity contribution in [2.75, 3.05) is 93.4 Å². The number of imidazole rings is 6. The SMILES string of the molecule is NC1=NC(O)c2ncn([C@@H]3O[C@@H]4COP(O)(=S)O[C@H]5[C@H]6OC[C@]5(COP(O)(=S)O[C@@H]3C4(F)F)O[C@H]6n3cnc4c(N)ccnc43)c2N1.Nc1nc2c(ncn2[C@@H]2O[C@@H]3COP(O)(=S)O[C@H]4[C@H]5OC[C@]4(COP(O)(=S)O[C@@H]2C3(F)F)O[C@H]5n2cnc3c(N)ccnc32)c(=O)[nH]1.Nc1nc2c(ncn2[C@@H]2O[C@@H]3COP(O)(=S)O[C@H]4[C@H]5OC[C@]4(COP(O)(=S)O[C@@H]2C3(F)F)O[C@H]5n2cnc3c(N)ccnc32)c(=O)[nH]1. The second-order valence-corrected chi connectivity index (χ2v) is 50.2. The average molecular weight is 2210 g/mol. The van der Waals surface area contributed by atoms with E-state index in [0.29, 0.717) is 50.6 Å². The Morgan fingerprint density at radius 3 is 1.00 bits per heavy atom. The van der Waals surface area contributed by atoms with Crippen LogP contribution in [0.4, 0.5) is 61.1 Å². The summed E-state index contributed by atoms with van der Waals surface area (Å²) in [5.41, 5.74) is 31.2. The number of ether oxygens (including phenoxy) is 9. The number of rotatable bonds is 6. The second-order valence-electron chi connectivity index (χ2n) is 33.4. The van der Waals surface area contributed by atoms with Crippen LogP contribution in [-0.4, -0.2) is 300 Å². The van der Waals surface area contributed by atoms with Gasteiger partial charge in [0.1, 0.15) is 81.5 Å². The van der Waals surface area contributed by atoms with Crippen LogP contribution in [0.3, 0.4) is 0 Å². The first kappa shape index (κ1) is 98.1. The van der Waals surface area contributed by atoms with Crippen LogP contribution >= 0.6 is 40.3 Å². The van der Waals surface area contributed by atoms with Crippen LogP contribution in [0.5, 0.6) is 0 Å². The van der Waals surface area contributed by atoms with Gasteiger partial charge in [0, 0.05) is 18.6 Å². The number of aliphatic hydroxyl groups is 1. The monoisotopic (exact) mass is 2210 g/mol. The number of halogens is 6. The molecule has 22 N–H and O–H groups in total. The van der Waals surface area contributed by atoms with E-state index in [9.17, 15) is 44.1 Å². The number of nitrogens with two attached hydrogens (primary N) is 6. The van der Waals surface area contributed by atoms with Crippen molar-refractivity contribution in [3.8, 4) is 0 Å². The van der Waals surface area contributed by atoms with E-state index in [1.165, 1.54) is 51.3 Å². The highest BCUT2D eigenvalue weighted by atomic mass is 32.5. The minimum absolute atomic E-state index is 0.0330. The van der Waals surface area contributed by atoms with Crippen molar-refractivity contribution in [3.05, 3.63) is 101 Å². The Labute approximate surface area is 809 Å². The Morgan fingerprint density at radius 2 is 0.667 bits per heavy atom. The summed E-state index contributed by atoms with van der Waals surface area (Å²) in [6, 6.07) is 4.72. The molecular weight excluding hydrogens is 2140 g/mol. The molecule has 0 aliphatic carbocycles. The molecule has 12 saturated heterocycles. The predicted molar refractivity (Wildman–Crippen MR) is 482 cm³/mol. The molecule has 12 bridgehead atoms. The highest BCUT2D eigenvalue weighted by Crippen LogP contribution is 2.66. The van der Waals surface area contributed by atoms with Crippen molar-refractivity contribution in [3.63, 3.8) is 0 Å². The number of nitrogens with zero attached hydrogens (tertiary/aromatic N) is 18. The van der Waals surface area contributed by atoms with E-state index in [4.69, 9.17) is 202 Å². The Balaban J connectivity index is 0.000000121. The van der Waals surface area contributed by atoms with Gasteiger partial charge in [-0.25, -0.2) is 76.2 Å².